The second-order valence-corrected chi connectivity index (χ2v) is 5.58. The number of thioether (sulfide) groups is 1. The molecule has 0 bridgehead atoms. The number of hydrogen-bond acceptors (Lipinski definition) is 4. The Hall–Kier alpha value is -0.780. The van der Waals surface area contributed by atoms with E-state index in [0.717, 1.165) is 42.2 Å². The molecule has 0 unspecified atom stereocenters. The molecule has 0 spiro atoms. The van der Waals surface area contributed by atoms with Crippen LogP contribution >= 0.6 is 11.8 Å². The summed E-state index contributed by atoms with van der Waals surface area (Å²) in [5.41, 5.74) is 0. The van der Waals surface area contributed by atoms with Crippen molar-refractivity contribution in [3.05, 3.63) is 4.91 Å². The van der Waals surface area contributed by atoms with Crippen molar-refractivity contribution in [3.8, 4) is 0 Å². The fourth-order valence-corrected chi connectivity index (χ4v) is 2.56. The van der Waals surface area contributed by atoms with E-state index in [0.29, 0.717) is 6.54 Å². The fourth-order valence-electron chi connectivity index (χ4n) is 1.97. The number of carbonyl (C=O) groups is 1. The summed E-state index contributed by atoms with van der Waals surface area (Å²) in [6, 6.07) is -0.122. The maximum Gasteiger partial charge on any atom is 0.340 e. The molecule has 0 heterocycles. The van der Waals surface area contributed by atoms with Gasteiger partial charge >= 0.3 is 6.03 Å². The average molecular weight is 259 g/mol. The van der Waals surface area contributed by atoms with Crippen molar-refractivity contribution < 1.29 is 4.79 Å². The van der Waals surface area contributed by atoms with Crippen LogP contribution in [0.2, 0.25) is 0 Å². The first-order valence-electron chi connectivity index (χ1n) is 6.27. The summed E-state index contributed by atoms with van der Waals surface area (Å²) in [7, 11) is 0. The topological polar surface area (TPSA) is 61.8 Å². The monoisotopic (exact) mass is 259 g/mol. The summed E-state index contributed by atoms with van der Waals surface area (Å²) in [6.45, 7) is 2.44. The van der Waals surface area contributed by atoms with Crippen molar-refractivity contribution in [3.63, 3.8) is 0 Å². The van der Waals surface area contributed by atoms with Gasteiger partial charge in [0, 0.05) is 11.8 Å². The zero-order valence-electron chi connectivity index (χ0n) is 10.4. The summed E-state index contributed by atoms with van der Waals surface area (Å²) < 4.78 is 0. The molecule has 6 heteroatoms. The van der Waals surface area contributed by atoms with Crippen molar-refractivity contribution in [2.75, 3.05) is 18.1 Å². The molecule has 1 rings (SSSR count). The molecule has 1 fully saturated rings. The van der Waals surface area contributed by atoms with Gasteiger partial charge in [-0.2, -0.15) is 16.8 Å². The van der Waals surface area contributed by atoms with Gasteiger partial charge in [-0.05, 0) is 18.6 Å². The predicted octanol–water partition coefficient (Wildman–Crippen LogP) is 2.77. The number of amides is 2. The zero-order chi connectivity index (χ0) is 12.5. The van der Waals surface area contributed by atoms with E-state index in [1.54, 1.807) is 11.8 Å². The lowest BCUT2D eigenvalue weighted by atomic mass is 9.96. The highest BCUT2D eigenvalue weighted by Crippen LogP contribution is 2.17. The fraction of sp³-hybridized carbons (Fsp3) is 0.909. The van der Waals surface area contributed by atoms with Crippen molar-refractivity contribution in [1.29, 1.82) is 0 Å². The first-order chi connectivity index (χ1) is 8.27. The normalized spacial score (nSPS) is 16.5. The molecule has 1 aliphatic carbocycles. The minimum atomic E-state index is -0.344. The molecular formula is C11H21N3O2S. The number of nitrogens with zero attached hydrogens (tertiary/aromatic N) is 2. The second-order valence-electron chi connectivity index (χ2n) is 4.19. The average Bonchev–Trinajstić information content (AvgIpc) is 2.36. The van der Waals surface area contributed by atoms with Crippen LogP contribution in [0.15, 0.2) is 5.29 Å². The summed E-state index contributed by atoms with van der Waals surface area (Å²) in [4.78, 5) is 22.3. The number of carbonyl (C=O) groups excluding carboxylic acids is 1. The van der Waals surface area contributed by atoms with E-state index in [1.807, 2.05) is 6.92 Å². The SMILES string of the molecule is CCSCCN(N=O)C(=O)NC1CCCCC1. The molecule has 1 N–H and O–H groups in total. The van der Waals surface area contributed by atoms with Gasteiger partial charge in [-0.3, -0.25) is 0 Å². The molecule has 0 aromatic rings. The third-order valence-corrected chi connectivity index (χ3v) is 3.80. The molecule has 1 aliphatic rings. The standard InChI is InChI=1S/C11H21N3O2S/c1-2-17-9-8-14(13-16)11(15)12-10-6-4-3-5-7-10/h10H,2-9H2,1H3,(H,12,15). The van der Waals surface area contributed by atoms with Crippen molar-refractivity contribution in [2.45, 2.75) is 45.1 Å². The highest BCUT2D eigenvalue weighted by molar-refractivity contribution is 7.99. The predicted molar refractivity (Wildman–Crippen MR) is 70.9 cm³/mol. The summed E-state index contributed by atoms with van der Waals surface area (Å²) in [5, 5.41) is 6.66. The highest BCUT2D eigenvalue weighted by atomic mass is 32.2. The number of urea groups is 1. The Morgan fingerprint density at radius 2 is 2.12 bits per heavy atom. The maximum atomic E-state index is 11.7. The molecule has 5 nitrogen and oxygen atoms in total. The lowest BCUT2D eigenvalue weighted by Crippen LogP contribution is -2.43. The lowest BCUT2D eigenvalue weighted by molar-refractivity contribution is 0.194. The number of hydrogen-bond donors (Lipinski definition) is 1. The Morgan fingerprint density at radius 3 is 2.71 bits per heavy atom. The van der Waals surface area contributed by atoms with Gasteiger partial charge in [-0.25, -0.2) is 4.79 Å². The van der Waals surface area contributed by atoms with Crippen molar-refractivity contribution in [2.24, 2.45) is 5.29 Å². The zero-order valence-corrected chi connectivity index (χ0v) is 11.2. The molecule has 98 valence electrons. The van der Waals surface area contributed by atoms with Crippen molar-refractivity contribution >= 4 is 17.8 Å². The minimum absolute atomic E-state index is 0.222. The van der Waals surface area contributed by atoms with E-state index in [1.165, 1.54) is 6.42 Å². The molecule has 0 atom stereocenters. The molecule has 1 saturated carbocycles. The number of rotatable bonds is 6. The smallest absolute Gasteiger partial charge is 0.334 e. The maximum absolute atomic E-state index is 11.7. The Bertz CT molecular complexity index is 245. The molecular weight excluding hydrogens is 238 g/mol. The van der Waals surface area contributed by atoms with Crippen molar-refractivity contribution in [1.82, 2.24) is 10.3 Å². The first-order valence-corrected chi connectivity index (χ1v) is 7.42. The number of nitrogens with one attached hydrogen (secondary N) is 1. The first kappa shape index (κ1) is 14.3. The largest absolute Gasteiger partial charge is 0.340 e. The van der Waals surface area contributed by atoms with Gasteiger partial charge in [0.1, 0.15) is 0 Å². The molecule has 0 aromatic carbocycles. The Labute approximate surface area is 107 Å². The Morgan fingerprint density at radius 1 is 1.41 bits per heavy atom. The second kappa shape index (κ2) is 8.33. The summed E-state index contributed by atoms with van der Waals surface area (Å²) in [6.07, 6.45) is 5.59. The van der Waals surface area contributed by atoms with Crippen LogP contribution in [0.4, 0.5) is 4.79 Å². The van der Waals surface area contributed by atoms with Crippen LogP contribution in [0, 0.1) is 4.91 Å². The Balaban J connectivity index is 2.29. The summed E-state index contributed by atoms with van der Waals surface area (Å²) >= 11 is 1.69. The van der Waals surface area contributed by atoms with E-state index in [9.17, 15) is 9.70 Å². The molecule has 0 aliphatic heterocycles. The van der Waals surface area contributed by atoms with E-state index in [4.69, 9.17) is 0 Å². The van der Waals surface area contributed by atoms with Crippen LogP contribution in [-0.2, 0) is 0 Å². The molecule has 17 heavy (non-hydrogen) atoms. The number of nitroso groups, excluding NO2 is 1. The van der Waals surface area contributed by atoms with Crippen LogP contribution < -0.4 is 5.32 Å². The third-order valence-electron chi connectivity index (χ3n) is 2.92. The molecule has 2 amide bonds. The van der Waals surface area contributed by atoms with Crippen LogP contribution in [0.25, 0.3) is 0 Å². The van der Waals surface area contributed by atoms with Gasteiger partial charge in [-0.1, -0.05) is 26.2 Å². The summed E-state index contributed by atoms with van der Waals surface area (Å²) in [5.74, 6) is 1.73. The minimum Gasteiger partial charge on any atom is -0.334 e. The van der Waals surface area contributed by atoms with Gasteiger partial charge in [0.15, 0.2) is 0 Å². The van der Waals surface area contributed by atoms with Gasteiger partial charge in [0.25, 0.3) is 0 Å². The van der Waals surface area contributed by atoms with Crippen LogP contribution in [0.5, 0.6) is 0 Å². The quantitative estimate of drug-likeness (QED) is 0.453. The lowest BCUT2D eigenvalue weighted by Gasteiger charge is -2.24. The van der Waals surface area contributed by atoms with E-state index in [2.05, 4.69) is 10.6 Å². The highest BCUT2D eigenvalue weighted by Gasteiger charge is 2.20. The van der Waals surface area contributed by atoms with Gasteiger partial charge < -0.3 is 5.32 Å². The third kappa shape index (κ3) is 5.39. The van der Waals surface area contributed by atoms with Gasteiger partial charge in [-0.15, -0.1) is 4.91 Å². The van der Waals surface area contributed by atoms with E-state index in [-0.39, 0.29) is 12.1 Å². The Kier molecular flexibility index (Phi) is 7.00. The van der Waals surface area contributed by atoms with Crippen LogP contribution in [0.1, 0.15) is 39.0 Å². The van der Waals surface area contributed by atoms with E-state index < -0.39 is 0 Å². The molecule has 0 aromatic heterocycles. The molecule has 0 radical (unpaired) electrons. The van der Waals surface area contributed by atoms with Gasteiger partial charge in [0.2, 0.25) is 0 Å². The van der Waals surface area contributed by atoms with Gasteiger partial charge in [0.05, 0.1) is 11.8 Å². The van der Waals surface area contributed by atoms with Crippen LogP contribution in [-0.4, -0.2) is 35.1 Å². The van der Waals surface area contributed by atoms with Crippen LogP contribution in [0.3, 0.4) is 0 Å². The molecule has 0 saturated heterocycles. The van der Waals surface area contributed by atoms with E-state index >= 15 is 0 Å².